The average molecular weight is 290 g/mol. The Morgan fingerprint density at radius 1 is 1.10 bits per heavy atom. The van der Waals surface area contributed by atoms with Crippen molar-refractivity contribution >= 4 is 28.7 Å². The van der Waals surface area contributed by atoms with Gasteiger partial charge in [0.1, 0.15) is 0 Å². The molecule has 2 amide bonds. The molecule has 1 aromatic rings. The first-order chi connectivity index (χ1) is 9.25. The zero-order valence-corrected chi connectivity index (χ0v) is 13.1. The number of allylic oxidation sites excluding steroid dienone is 2. The van der Waals surface area contributed by atoms with E-state index < -0.39 is 11.8 Å². The zero-order chi connectivity index (χ0) is 15.2. The van der Waals surface area contributed by atoms with E-state index in [4.69, 9.17) is 5.84 Å². The van der Waals surface area contributed by atoms with E-state index in [9.17, 15) is 9.59 Å². The standard InChI is InChI=1S/C15H18N2O2S/c1-7(2)12-13(15(19)17(16)14(12)18)9(4)11-6-8(3)20-10(11)5/h6H,16H2,1-5H3/b13-9-. The molecule has 106 valence electrons. The van der Waals surface area contributed by atoms with Crippen LogP contribution in [0.1, 0.15) is 36.1 Å². The third-order valence-electron chi connectivity index (χ3n) is 3.44. The Hall–Kier alpha value is -1.72. The lowest BCUT2D eigenvalue weighted by atomic mass is 9.95. The Balaban J connectivity index is 2.73. The van der Waals surface area contributed by atoms with Crippen molar-refractivity contribution in [2.75, 3.05) is 0 Å². The van der Waals surface area contributed by atoms with E-state index in [1.807, 2.05) is 40.7 Å². The predicted molar refractivity (Wildman–Crippen MR) is 80.8 cm³/mol. The molecule has 0 unspecified atom stereocenters. The predicted octanol–water partition coefficient (Wildman–Crippen LogP) is 2.72. The number of rotatable bonds is 1. The summed E-state index contributed by atoms with van der Waals surface area (Å²) in [5, 5.41) is 0.704. The second-order valence-corrected chi connectivity index (χ2v) is 6.64. The highest BCUT2D eigenvalue weighted by Crippen LogP contribution is 2.35. The second kappa shape index (κ2) is 5.00. The first kappa shape index (κ1) is 14.7. The summed E-state index contributed by atoms with van der Waals surface area (Å²) in [6, 6.07) is 2.04. The summed E-state index contributed by atoms with van der Waals surface area (Å²) in [7, 11) is 0. The summed E-state index contributed by atoms with van der Waals surface area (Å²) in [4.78, 5) is 26.7. The molecule has 0 aromatic carbocycles. The highest BCUT2D eigenvalue weighted by Gasteiger charge is 2.39. The number of hydrogen-bond donors (Lipinski definition) is 1. The fourth-order valence-electron chi connectivity index (χ4n) is 2.50. The Kier molecular flexibility index (Phi) is 3.67. The van der Waals surface area contributed by atoms with Gasteiger partial charge >= 0.3 is 0 Å². The zero-order valence-electron chi connectivity index (χ0n) is 12.3. The number of hydrogen-bond acceptors (Lipinski definition) is 4. The van der Waals surface area contributed by atoms with Gasteiger partial charge in [-0.2, -0.15) is 0 Å². The lowest BCUT2D eigenvalue weighted by Gasteiger charge is -2.06. The van der Waals surface area contributed by atoms with Crippen molar-refractivity contribution in [1.29, 1.82) is 0 Å². The summed E-state index contributed by atoms with van der Waals surface area (Å²) in [6.45, 7) is 9.55. The Bertz CT molecular complexity index is 676. The largest absolute Gasteiger partial charge is 0.276 e. The fourth-order valence-corrected chi connectivity index (χ4v) is 3.48. The van der Waals surface area contributed by atoms with E-state index in [0.29, 0.717) is 16.2 Å². The smallest absolute Gasteiger partial charge is 0.267 e. The number of aryl methyl sites for hydroxylation is 2. The molecule has 1 aromatic heterocycles. The minimum Gasteiger partial charge on any atom is -0.267 e. The minimum atomic E-state index is -0.424. The van der Waals surface area contributed by atoms with Crippen LogP contribution in [0.5, 0.6) is 0 Å². The molecule has 0 saturated carbocycles. The fraction of sp³-hybridized carbons (Fsp3) is 0.333. The van der Waals surface area contributed by atoms with Gasteiger partial charge in [0.2, 0.25) is 0 Å². The molecular formula is C15H18N2O2S. The van der Waals surface area contributed by atoms with Crippen LogP contribution < -0.4 is 5.84 Å². The maximum atomic E-state index is 12.3. The Morgan fingerprint density at radius 3 is 2.10 bits per heavy atom. The maximum Gasteiger partial charge on any atom is 0.276 e. The van der Waals surface area contributed by atoms with Gasteiger partial charge in [-0.3, -0.25) is 9.59 Å². The van der Waals surface area contributed by atoms with Crippen LogP contribution in [0.3, 0.4) is 0 Å². The maximum absolute atomic E-state index is 12.3. The van der Waals surface area contributed by atoms with Crippen LogP contribution >= 0.6 is 11.3 Å². The topological polar surface area (TPSA) is 63.4 Å². The lowest BCUT2D eigenvalue weighted by molar-refractivity contribution is -0.136. The molecule has 0 atom stereocenters. The SMILES string of the molecule is CC(C)=C1C(=O)N(N)C(=O)/C1=C(/C)c1cc(C)sc1C. The van der Waals surface area contributed by atoms with Crippen LogP contribution in [-0.2, 0) is 9.59 Å². The number of nitrogens with two attached hydrogens (primary N) is 1. The summed E-state index contributed by atoms with van der Waals surface area (Å²) < 4.78 is 0. The van der Waals surface area contributed by atoms with Crippen molar-refractivity contribution in [3.8, 4) is 0 Å². The molecule has 20 heavy (non-hydrogen) atoms. The number of hydrazine groups is 1. The van der Waals surface area contributed by atoms with Crippen LogP contribution in [0.4, 0.5) is 0 Å². The van der Waals surface area contributed by atoms with E-state index >= 15 is 0 Å². The van der Waals surface area contributed by atoms with Gasteiger partial charge in [0.15, 0.2) is 0 Å². The quantitative estimate of drug-likeness (QED) is 0.374. The Labute approximate surface area is 122 Å². The van der Waals surface area contributed by atoms with Gasteiger partial charge in [0.05, 0.1) is 11.1 Å². The van der Waals surface area contributed by atoms with Crippen LogP contribution in [0.25, 0.3) is 5.57 Å². The van der Waals surface area contributed by atoms with Crippen molar-refractivity contribution < 1.29 is 9.59 Å². The molecule has 1 aliphatic rings. The van der Waals surface area contributed by atoms with Crippen molar-refractivity contribution in [3.63, 3.8) is 0 Å². The highest BCUT2D eigenvalue weighted by molar-refractivity contribution is 7.12. The molecule has 5 heteroatoms. The summed E-state index contributed by atoms with van der Waals surface area (Å²) >= 11 is 1.68. The lowest BCUT2D eigenvalue weighted by Crippen LogP contribution is -2.36. The van der Waals surface area contributed by atoms with Gasteiger partial charge < -0.3 is 0 Å². The third kappa shape index (κ3) is 2.13. The van der Waals surface area contributed by atoms with Gasteiger partial charge in [0, 0.05) is 9.75 Å². The molecule has 4 nitrogen and oxygen atoms in total. The van der Waals surface area contributed by atoms with Crippen LogP contribution in [-0.4, -0.2) is 16.8 Å². The number of amides is 2. The van der Waals surface area contributed by atoms with Gasteiger partial charge in [-0.15, -0.1) is 11.3 Å². The van der Waals surface area contributed by atoms with Crippen LogP contribution in [0, 0.1) is 13.8 Å². The summed E-state index contributed by atoms with van der Waals surface area (Å²) in [6.07, 6.45) is 0. The van der Waals surface area contributed by atoms with Crippen molar-refractivity contribution in [3.05, 3.63) is 38.1 Å². The second-order valence-electron chi connectivity index (χ2n) is 5.18. The molecule has 0 radical (unpaired) electrons. The number of carbonyl (C=O) groups excluding carboxylic acids is 2. The monoisotopic (exact) mass is 290 g/mol. The number of thiophene rings is 1. The van der Waals surface area contributed by atoms with E-state index in [2.05, 4.69) is 0 Å². The molecule has 2 rings (SSSR count). The van der Waals surface area contributed by atoms with Crippen LogP contribution in [0.15, 0.2) is 22.8 Å². The highest BCUT2D eigenvalue weighted by atomic mass is 32.1. The number of imide groups is 1. The molecule has 1 aliphatic heterocycles. The van der Waals surface area contributed by atoms with E-state index in [1.54, 1.807) is 11.3 Å². The normalized spacial score (nSPS) is 18.1. The van der Waals surface area contributed by atoms with Crippen LogP contribution in [0.2, 0.25) is 0 Å². The molecule has 0 aliphatic carbocycles. The van der Waals surface area contributed by atoms with E-state index in [0.717, 1.165) is 21.6 Å². The van der Waals surface area contributed by atoms with Crippen molar-refractivity contribution in [1.82, 2.24) is 5.01 Å². The first-order valence-corrected chi connectivity index (χ1v) is 7.17. The summed E-state index contributed by atoms with van der Waals surface area (Å²) in [5.74, 6) is 4.72. The van der Waals surface area contributed by atoms with Gasteiger partial charge in [-0.25, -0.2) is 10.9 Å². The summed E-state index contributed by atoms with van der Waals surface area (Å²) in [5.41, 5.74) is 3.49. The van der Waals surface area contributed by atoms with Gasteiger partial charge in [-0.1, -0.05) is 5.57 Å². The Morgan fingerprint density at radius 2 is 1.65 bits per heavy atom. The van der Waals surface area contributed by atoms with E-state index in [-0.39, 0.29) is 0 Å². The van der Waals surface area contributed by atoms with Gasteiger partial charge in [-0.05, 0) is 51.8 Å². The molecule has 1 saturated heterocycles. The third-order valence-corrected chi connectivity index (χ3v) is 4.40. The van der Waals surface area contributed by atoms with E-state index in [1.165, 1.54) is 4.88 Å². The molecule has 1 fully saturated rings. The number of nitrogens with zero attached hydrogens (tertiary/aromatic N) is 1. The first-order valence-electron chi connectivity index (χ1n) is 6.35. The molecule has 2 N–H and O–H groups in total. The molecule has 0 bridgehead atoms. The minimum absolute atomic E-state index is 0.422. The van der Waals surface area contributed by atoms with Crippen molar-refractivity contribution in [2.45, 2.75) is 34.6 Å². The molecule has 0 spiro atoms. The van der Waals surface area contributed by atoms with Crippen molar-refractivity contribution in [2.24, 2.45) is 5.84 Å². The average Bonchev–Trinajstić information content (AvgIpc) is 2.80. The molecule has 2 heterocycles. The number of carbonyl (C=O) groups is 2. The molecular weight excluding hydrogens is 272 g/mol. The van der Waals surface area contributed by atoms with Gasteiger partial charge in [0.25, 0.3) is 11.8 Å².